The van der Waals surface area contributed by atoms with Crippen LogP contribution in [0.2, 0.25) is 5.02 Å². The minimum absolute atomic E-state index is 0. The van der Waals surface area contributed by atoms with E-state index in [-0.39, 0.29) is 29.4 Å². The maximum absolute atomic E-state index is 6.28. The van der Waals surface area contributed by atoms with Gasteiger partial charge in [0.15, 0.2) is 5.96 Å². The molecule has 0 bridgehead atoms. The van der Waals surface area contributed by atoms with Crippen LogP contribution in [-0.4, -0.2) is 64.5 Å². The molecule has 3 rings (SSSR count). The maximum atomic E-state index is 6.28. The Labute approximate surface area is 197 Å². The second-order valence-electron chi connectivity index (χ2n) is 8.07. The molecule has 1 saturated heterocycles. The van der Waals surface area contributed by atoms with Gasteiger partial charge in [-0.3, -0.25) is 4.99 Å². The Kier molecular flexibility index (Phi) is 10.5. The first-order valence-electron chi connectivity index (χ1n) is 10.5. The molecule has 5 nitrogen and oxygen atoms in total. The minimum atomic E-state index is 0. The zero-order valence-corrected chi connectivity index (χ0v) is 20.7. The molecule has 1 aliphatic carbocycles. The Morgan fingerprint density at radius 2 is 2.10 bits per heavy atom. The molecule has 7 heteroatoms. The predicted octanol–water partition coefficient (Wildman–Crippen LogP) is 4.33. The molecule has 0 aromatic heterocycles. The third-order valence-electron chi connectivity index (χ3n) is 6.17. The number of likely N-dealkylation sites (tertiary alicyclic amines) is 1. The molecule has 164 valence electrons. The third-order valence-corrected chi connectivity index (χ3v) is 6.40. The first-order valence-corrected chi connectivity index (χ1v) is 10.8. The van der Waals surface area contributed by atoms with E-state index in [1.165, 1.54) is 31.2 Å². The quantitative estimate of drug-likeness (QED) is 0.233. The van der Waals surface area contributed by atoms with E-state index in [4.69, 9.17) is 21.1 Å². The zero-order valence-electron chi connectivity index (χ0n) is 17.7. The van der Waals surface area contributed by atoms with Crippen molar-refractivity contribution in [3.05, 3.63) is 34.9 Å². The highest BCUT2D eigenvalue weighted by Crippen LogP contribution is 2.41. The van der Waals surface area contributed by atoms with Crippen LogP contribution in [0.25, 0.3) is 0 Å². The lowest BCUT2D eigenvalue weighted by molar-refractivity contribution is 0.0536. The van der Waals surface area contributed by atoms with Crippen LogP contribution in [0.15, 0.2) is 29.3 Å². The summed E-state index contributed by atoms with van der Waals surface area (Å²) in [6, 6.07) is 8.39. The van der Waals surface area contributed by atoms with Gasteiger partial charge in [-0.2, -0.15) is 0 Å². The van der Waals surface area contributed by atoms with E-state index in [9.17, 15) is 0 Å². The Bertz CT molecular complexity index is 653. The minimum Gasteiger partial charge on any atom is -0.382 e. The van der Waals surface area contributed by atoms with E-state index in [0.717, 1.165) is 43.6 Å². The fourth-order valence-electron chi connectivity index (χ4n) is 4.57. The van der Waals surface area contributed by atoms with Gasteiger partial charge in [0.05, 0.1) is 19.8 Å². The number of rotatable bonds is 8. The number of methoxy groups -OCH3 is 1. The number of benzene rings is 1. The van der Waals surface area contributed by atoms with Crippen molar-refractivity contribution < 1.29 is 9.47 Å². The monoisotopic (exact) mass is 535 g/mol. The Hall–Kier alpha value is -0.570. The summed E-state index contributed by atoms with van der Waals surface area (Å²) < 4.78 is 10.8. The molecule has 1 atom stereocenters. The van der Waals surface area contributed by atoms with Gasteiger partial charge < -0.3 is 19.7 Å². The van der Waals surface area contributed by atoms with Crippen molar-refractivity contribution in [3.63, 3.8) is 0 Å². The molecular weight excluding hydrogens is 501 g/mol. The molecule has 1 heterocycles. The average molecular weight is 536 g/mol. The van der Waals surface area contributed by atoms with Crippen LogP contribution in [0.3, 0.4) is 0 Å². The highest BCUT2D eigenvalue weighted by molar-refractivity contribution is 14.0. The molecule has 0 amide bonds. The lowest BCUT2D eigenvalue weighted by Gasteiger charge is -2.32. The summed E-state index contributed by atoms with van der Waals surface area (Å²) in [4.78, 5) is 6.93. The molecule has 1 saturated carbocycles. The van der Waals surface area contributed by atoms with E-state index in [2.05, 4.69) is 33.4 Å². The Morgan fingerprint density at radius 3 is 2.79 bits per heavy atom. The summed E-state index contributed by atoms with van der Waals surface area (Å²) in [5.41, 5.74) is 1.51. The molecule has 1 unspecified atom stereocenters. The van der Waals surface area contributed by atoms with Crippen LogP contribution in [0.4, 0.5) is 0 Å². The van der Waals surface area contributed by atoms with Crippen LogP contribution >= 0.6 is 35.6 Å². The van der Waals surface area contributed by atoms with Crippen LogP contribution in [0, 0.1) is 5.92 Å². The number of hydrogen-bond acceptors (Lipinski definition) is 3. The number of aliphatic imine (C=N–C) groups is 1. The van der Waals surface area contributed by atoms with E-state index in [0.29, 0.717) is 19.1 Å². The molecule has 2 aliphatic rings. The summed E-state index contributed by atoms with van der Waals surface area (Å²) in [5.74, 6) is 1.57. The van der Waals surface area contributed by atoms with Gasteiger partial charge in [0.25, 0.3) is 0 Å². The number of nitrogens with one attached hydrogen (secondary N) is 1. The second-order valence-corrected chi connectivity index (χ2v) is 8.50. The summed E-state index contributed by atoms with van der Waals surface area (Å²) in [7, 11) is 3.59. The summed E-state index contributed by atoms with van der Waals surface area (Å²) in [6.45, 7) is 5.06. The van der Waals surface area contributed by atoms with Crippen LogP contribution in [-0.2, 0) is 14.9 Å². The van der Waals surface area contributed by atoms with E-state index < -0.39 is 0 Å². The Morgan fingerprint density at radius 1 is 1.31 bits per heavy atom. The normalized spacial score (nSPS) is 21.3. The van der Waals surface area contributed by atoms with Gasteiger partial charge in [0, 0.05) is 50.1 Å². The van der Waals surface area contributed by atoms with E-state index in [1.807, 2.05) is 13.1 Å². The van der Waals surface area contributed by atoms with Gasteiger partial charge in [-0.05, 0) is 37.0 Å². The number of guanidine groups is 1. The fourth-order valence-corrected chi connectivity index (χ4v) is 4.76. The molecule has 2 fully saturated rings. The number of ether oxygens (including phenoxy) is 2. The summed E-state index contributed by atoms with van der Waals surface area (Å²) in [6.07, 6.45) is 6.10. The van der Waals surface area contributed by atoms with Crippen molar-refractivity contribution in [2.24, 2.45) is 10.9 Å². The van der Waals surface area contributed by atoms with Gasteiger partial charge in [-0.15, -0.1) is 24.0 Å². The van der Waals surface area contributed by atoms with Crippen molar-refractivity contribution in [1.82, 2.24) is 10.2 Å². The number of nitrogens with zero attached hydrogens (tertiary/aromatic N) is 2. The van der Waals surface area contributed by atoms with Crippen molar-refractivity contribution >= 4 is 41.5 Å². The van der Waals surface area contributed by atoms with E-state index in [1.54, 1.807) is 7.11 Å². The van der Waals surface area contributed by atoms with Crippen molar-refractivity contribution in [2.45, 2.75) is 37.5 Å². The maximum Gasteiger partial charge on any atom is 0.193 e. The topological polar surface area (TPSA) is 46.1 Å². The predicted molar refractivity (Wildman–Crippen MR) is 131 cm³/mol. The third kappa shape index (κ3) is 6.71. The molecule has 1 aromatic rings. The van der Waals surface area contributed by atoms with Crippen molar-refractivity contribution in [2.75, 3.05) is 53.6 Å². The van der Waals surface area contributed by atoms with E-state index >= 15 is 0 Å². The van der Waals surface area contributed by atoms with Gasteiger partial charge >= 0.3 is 0 Å². The van der Waals surface area contributed by atoms with Crippen LogP contribution in [0.1, 0.15) is 37.7 Å². The highest BCUT2D eigenvalue weighted by Gasteiger charge is 2.36. The van der Waals surface area contributed by atoms with Crippen molar-refractivity contribution in [1.29, 1.82) is 0 Å². The first kappa shape index (κ1) is 24.7. The molecule has 0 radical (unpaired) electrons. The highest BCUT2D eigenvalue weighted by atomic mass is 127. The summed E-state index contributed by atoms with van der Waals surface area (Å²) in [5, 5.41) is 4.50. The van der Waals surface area contributed by atoms with Crippen molar-refractivity contribution in [3.8, 4) is 0 Å². The van der Waals surface area contributed by atoms with Crippen LogP contribution < -0.4 is 5.32 Å². The van der Waals surface area contributed by atoms with Gasteiger partial charge in [0.1, 0.15) is 0 Å². The standard InChI is InChI=1S/C22H34ClN3O2.HI/c1-24-21(26-11-8-18(15-26)16-28-13-12-27-2)25-17-22(9-3-4-10-22)19-6-5-7-20(23)14-19;/h5-7,14,18H,3-4,8-13,15-17H2,1-2H3,(H,24,25);1H. The number of hydrogen-bond donors (Lipinski definition) is 1. The molecule has 1 aliphatic heterocycles. The SMILES string of the molecule is CN=C(NCC1(c2cccc(Cl)c2)CCCC1)N1CCC(COCCOC)C1.I. The Balaban J connectivity index is 0.00000300. The lowest BCUT2D eigenvalue weighted by atomic mass is 9.79. The van der Waals surface area contributed by atoms with Gasteiger partial charge in [-0.25, -0.2) is 0 Å². The molecular formula is C22H35ClIN3O2. The summed E-state index contributed by atoms with van der Waals surface area (Å²) >= 11 is 6.28. The van der Waals surface area contributed by atoms with Crippen LogP contribution in [0.5, 0.6) is 0 Å². The molecule has 1 aromatic carbocycles. The second kappa shape index (κ2) is 12.3. The fraction of sp³-hybridized carbons (Fsp3) is 0.682. The molecule has 0 spiro atoms. The lowest BCUT2D eigenvalue weighted by Crippen LogP contribution is -2.46. The average Bonchev–Trinajstić information content (AvgIpc) is 3.37. The molecule has 1 N–H and O–H groups in total. The van der Waals surface area contributed by atoms with Gasteiger partial charge in [0.2, 0.25) is 0 Å². The largest absolute Gasteiger partial charge is 0.382 e. The zero-order chi connectivity index (χ0) is 19.8. The smallest absolute Gasteiger partial charge is 0.193 e. The number of halogens is 2. The van der Waals surface area contributed by atoms with Gasteiger partial charge in [-0.1, -0.05) is 36.6 Å². The molecule has 29 heavy (non-hydrogen) atoms. The first-order chi connectivity index (χ1) is 13.7.